The summed E-state index contributed by atoms with van der Waals surface area (Å²) in [6, 6.07) is 7.77. The molecule has 2 nitrogen and oxygen atoms in total. The van der Waals surface area contributed by atoms with E-state index < -0.39 is 0 Å². The number of nitrogens with zero attached hydrogens (tertiary/aromatic N) is 1. The summed E-state index contributed by atoms with van der Waals surface area (Å²) in [7, 11) is 0. The van der Waals surface area contributed by atoms with E-state index in [0.717, 1.165) is 5.56 Å². The lowest BCUT2D eigenvalue weighted by Crippen LogP contribution is -2.00. The summed E-state index contributed by atoms with van der Waals surface area (Å²) in [5.74, 6) is -0.332. The number of pyridine rings is 1. The molecule has 0 fully saturated rings. The number of carbonyl (C=O) groups excluding carboxylic acids is 1. The lowest BCUT2D eigenvalue weighted by atomic mass is 9.96. The molecule has 17 heavy (non-hydrogen) atoms. The van der Waals surface area contributed by atoms with Crippen LogP contribution in [0.25, 0.3) is 11.1 Å². The number of carbonyl (C=O) groups is 1. The summed E-state index contributed by atoms with van der Waals surface area (Å²) < 4.78 is 13.3. The molecule has 1 aromatic carbocycles. The second kappa shape index (κ2) is 4.87. The summed E-state index contributed by atoms with van der Waals surface area (Å²) in [5.41, 5.74) is 1.98. The number of ketones is 1. The molecular weight excluding hydrogens is 217 g/mol. The highest BCUT2D eigenvalue weighted by Gasteiger charge is 2.11. The molecule has 0 spiro atoms. The van der Waals surface area contributed by atoms with Crippen LogP contribution in [0.3, 0.4) is 0 Å². The van der Waals surface area contributed by atoms with Crippen LogP contribution >= 0.6 is 0 Å². The summed E-state index contributed by atoms with van der Waals surface area (Å²) in [6.07, 6.45) is 3.66. The first kappa shape index (κ1) is 11.5. The van der Waals surface area contributed by atoms with E-state index in [4.69, 9.17) is 0 Å². The molecule has 0 aliphatic carbocycles. The van der Waals surface area contributed by atoms with E-state index >= 15 is 0 Å². The van der Waals surface area contributed by atoms with Gasteiger partial charge in [-0.15, -0.1) is 0 Å². The number of hydrogen-bond donors (Lipinski definition) is 0. The molecule has 0 aliphatic rings. The van der Waals surface area contributed by atoms with Crippen LogP contribution in [0.5, 0.6) is 0 Å². The Balaban J connectivity index is 2.59. The molecule has 1 aromatic heterocycles. The fourth-order valence-electron chi connectivity index (χ4n) is 1.72. The zero-order valence-corrected chi connectivity index (χ0v) is 9.48. The van der Waals surface area contributed by atoms with Gasteiger partial charge in [-0.3, -0.25) is 9.78 Å². The zero-order chi connectivity index (χ0) is 12.3. The molecule has 0 aliphatic heterocycles. The molecule has 3 heteroatoms. The first-order valence-electron chi connectivity index (χ1n) is 5.45. The normalized spacial score (nSPS) is 10.2. The van der Waals surface area contributed by atoms with Crippen molar-refractivity contribution < 1.29 is 9.18 Å². The van der Waals surface area contributed by atoms with E-state index in [9.17, 15) is 9.18 Å². The summed E-state index contributed by atoms with van der Waals surface area (Å²) in [5, 5.41) is 0. The SMILES string of the molecule is CCC(=O)c1ccc(F)cc1-c1ccncc1. The minimum atomic E-state index is -0.343. The Hall–Kier alpha value is -2.03. The maximum absolute atomic E-state index is 13.3. The van der Waals surface area contributed by atoms with E-state index in [-0.39, 0.29) is 11.6 Å². The van der Waals surface area contributed by atoms with Gasteiger partial charge < -0.3 is 0 Å². The highest BCUT2D eigenvalue weighted by Crippen LogP contribution is 2.25. The van der Waals surface area contributed by atoms with Crippen molar-refractivity contribution in [3.63, 3.8) is 0 Å². The maximum Gasteiger partial charge on any atom is 0.163 e. The van der Waals surface area contributed by atoms with Crippen LogP contribution in [0.2, 0.25) is 0 Å². The smallest absolute Gasteiger partial charge is 0.163 e. The fraction of sp³-hybridized carbons (Fsp3) is 0.143. The van der Waals surface area contributed by atoms with E-state index in [1.54, 1.807) is 31.5 Å². The van der Waals surface area contributed by atoms with Gasteiger partial charge in [-0.25, -0.2) is 4.39 Å². The van der Waals surface area contributed by atoms with Crippen molar-refractivity contribution >= 4 is 5.78 Å². The van der Waals surface area contributed by atoms with Gasteiger partial charge in [0.25, 0.3) is 0 Å². The van der Waals surface area contributed by atoms with Gasteiger partial charge in [0.1, 0.15) is 5.82 Å². The van der Waals surface area contributed by atoms with Crippen molar-refractivity contribution in [2.24, 2.45) is 0 Å². The third-order valence-electron chi connectivity index (χ3n) is 2.59. The summed E-state index contributed by atoms with van der Waals surface area (Å²) in [4.78, 5) is 15.7. The maximum atomic E-state index is 13.3. The second-order valence-electron chi connectivity index (χ2n) is 3.70. The van der Waals surface area contributed by atoms with Crippen molar-refractivity contribution in [3.05, 3.63) is 54.1 Å². The van der Waals surface area contributed by atoms with Gasteiger partial charge in [-0.1, -0.05) is 6.92 Å². The monoisotopic (exact) mass is 229 g/mol. The summed E-state index contributed by atoms with van der Waals surface area (Å²) >= 11 is 0. The topological polar surface area (TPSA) is 30.0 Å². The van der Waals surface area contributed by atoms with Gasteiger partial charge in [0.15, 0.2) is 5.78 Å². The van der Waals surface area contributed by atoms with Gasteiger partial charge in [0, 0.05) is 24.4 Å². The third kappa shape index (κ3) is 2.38. The predicted octanol–water partition coefficient (Wildman–Crippen LogP) is 3.48. The van der Waals surface area contributed by atoms with Crippen molar-refractivity contribution in [2.75, 3.05) is 0 Å². The van der Waals surface area contributed by atoms with Crippen LogP contribution in [0.1, 0.15) is 23.7 Å². The molecule has 0 saturated carbocycles. The Bertz CT molecular complexity index is 537. The van der Waals surface area contributed by atoms with Gasteiger partial charge in [0.05, 0.1) is 0 Å². The Morgan fingerprint density at radius 1 is 1.24 bits per heavy atom. The Labute approximate surface area is 99.1 Å². The lowest BCUT2D eigenvalue weighted by Gasteiger charge is -2.08. The van der Waals surface area contributed by atoms with E-state index in [1.165, 1.54) is 18.2 Å². The fourth-order valence-corrected chi connectivity index (χ4v) is 1.72. The van der Waals surface area contributed by atoms with Gasteiger partial charge in [-0.05, 0) is 41.5 Å². The Morgan fingerprint density at radius 2 is 1.94 bits per heavy atom. The molecule has 1 heterocycles. The molecule has 0 atom stereocenters. The molecule has 0 unspecified atom stereocenters. The molecule has 2 rings (SSSR count). The molecule has 0 radical (unpaired) electrons. The second-order valence-corrected chi connectivity index (χ2v) is 3.70. The lowest BCUT2D eigenvalue weighted by molar-refractivity contribution is 0.0989. The minimum Gasteiger partial charge on any atom is -0.294 e. The Kier molecular flexibility index (Phi) is 3.28. The largest absolute Gasteiger partial charge is 0.294 e. The number of Topliss-reactive ketones (excluding diaryl/α,β-unsaturated/α-hetero) is 1. The average Bonchev–Trinajstić information content (AvgIpc) is 2.39. The summed E-state index contributed by atoms with van der Waals surface area (Å²) in [6.45, 7) is 1.79. The number of aromatic nitrogens is 1. The first-order chi connectivity index (χ1) is 8.22. The number of benzene rings is 1. The number of rotatable bonds is 3. The number of hydrogen-bond acceptors (Lipinski definition) is 2. The molecule has 0 N–H and O–H groups in total. The van der Waals surface area contributed by atoms with Crippen LogP contribution in [-0.4, -0.2) is 10.8 Å². The van der Waals surface area contributed by atoms with Crippen LogP contribution < -0.4 is 0 Å². The number of halogens is 1. The van der Waals surface area contributed by atoms with Crippen LogP contribution in [0.4, 0.5) is 4.39 Å². The van der Waals surface area contributed by atoms with Crippen LogP contribution in [0.15, 0.2) is 42.7 Å². The van der Waals surface area contributed by atoms with E-state index in [0.29, 0.717) is 17.5 Å². The highest BCUT2D eigenvalue weighted by molar-refractivity contribution is 6.02. The Morgan fingerprint density at radius 3 is 2.59 bits per heavy atom. The molecule has 0 bridgehead atoms. The van der Waals surface area contributed by atoms with Crippen LogP contribution in [-0.2, 0) is 0 Å². The standard InChI is InChI=1S/C14H12FNO/c1-2-14(17)12-4-3-11(15)9-13(12)10-5-7-16-8-6-10/h3-9H,2H2,1H3. The third-order valence-corrected chi connectivity index (χ3v) is 2.59. The van der Waals surface area contributed by atoms with E-state index in [2.05, 4.69) is 4.98 Å². The molecule has 86 valence electrons. The van der Waals surface area contributed by atoms with Crippen molar-refractivity contribution in [1.29, 1.82) is 0 Å². The minimum absolute atomic E-state index is 0.0109. The average molecular weight is 229 g/mol. The van der Waals surface area contributed by atoms with Crippen molar-refractivity contribution in [3.8, 4) is 11.1 Å². The predicted molar refractivity (Wildman–Crippen MR) is 64.3 cm³/mol. The van der Waals surface area contributed by atoms with E-state index in [1.807, 2.05) is 0 Å². The zero-order valence-electron chi connectivity index (χ0n) is 9.48. The molecule has 0 saturated heterocycles. The quantitative estimate of drug-likeness (QED) is 0.754. The first-order valence-corrected chi connectivity index (χ1v) is 5.45. The molecule has 2 aromatic rings. The van der Waals surface area contributed by atoms with Gasteiger partial charge in [0.2, 0.25) is 0 Å². The van der Waals surface area contributed by atoms with Crippen molar-refractivity contribution in [2.45, 2.75) is 13.3 Å². The van der Waals surface area contributed by atoms with Crippen LogP contribution in [0, 0.1) is 5.82 Å². The van der Waals surface area contributed by atoms with Gasteiger partial charge in [-0.2, -0.15) is 0 Å². The van der Waals surface area contributed by atoms with Gasteiger partial charge >= 0.3 is 0 Å². The molecule has 0 amide bonds. The van der Waals surface area contributed by atoms with Crippen molar-refractivity contribution in [1.82, 2.24) is 4.98 Å². The highest BCUT2D eigenvalue weighted by atomic mass is 19.1. The molecular formula is C14H12FNO.